The average Bonchev–Trinajstić information content (AvgIpc) is 2.62. The second-order valence-corrected chi connectivity index (χ2v) is 8.15. The average molecular weight is 375 g/mol. The molecule has 1 saturated heterocycles. The summed E-state index contributed by atoms with van der Waals surface area (Å²) in [4.78, 5) is 12.4. The van der Waals surface area contributed by atoms with Crippen molar-refractivity contribution in [2.45, 2.75) is 30.3 Å². The first kappa shape index (κ1) is 18.5. The van der Waals surface area contributed by atoms with Crippen molar-refractivity contribution in [2.75, 3.05) is 13.1 Å². The molecule has 26 heavy (non-hydrogen) atoms. The number of hydrogen-bond acceptors (Lipinski definition) is 5. The molecule has 1 heterocycles. The molecule has 2 aromatic carbocycles. The second kappa shape index (κ2) is 7.94. The Labute approximate surface area is 152 Å². The van der Waals surface area contributed by atoms with Gasteiger partial charge < -0.3 is 0 Å². The van der Waals surface area contributed by atoms with Gasteiger partial charge in [-0.1, -0.05) is 36.4 Å². The standard InChI is InChI=1S/C18H21N3O4S/c22-21(23)17-9-4-10-18(12-17)26(24,25)19-16-8-5-11-20(14-16)13-15-6-2-1-3-7-15/h1-4,6-7,9-10,12,16,19H,5,8,11,13-14H2. The lowest BCUT2D eigenvalue weighted by Gasteiger charge is -2.33. The Balaban J connectivity index is 1.67. The van der Waals surface area contributed by atoms with E-state index in [9.17, 15) is 18.5 Å². The van der Waals surface area contributed by atoms with Gasteiger partial charge >= 0.3 is 0 Å². The Kier molecular flexibility index (Phi) is 5.65. The van der Waals surface area contributed by atoms with Crippen molar-refractivity contribution in [1.29, 1.82) is 0 Å². The molecule has 138 valence electrons. The van der Waals surface area contributed by atoms with E-state index >= 15 is 0 Å². The maximum Gasteiger partial charge on any atom is 0.270 e. The molecule has 1 N–H and O–H groups in total. The molecule has 1 fully saturated rings. The minimum absolute atomic E-state index is 0.0770. The van der Waals surface area contributed by atoms with Gasteiger partial charge in [-0.2, -0.15) is 0 Å². The van der Waals surface area contributed by atoms with Gasteiger partial charge in [-0.15, -0.1) is 0 Å². The molecule has 0 spiro atoms. The number of piperidine rings is 1. The zero-order valence-corrected chi connectivity index (χ0v) is 15.1. The maximum atomic E-state index is 12.6. The summed E-state index contributed by atoms with van der Waals surface area (Å²) in [5.41, 5.74) is 0.955. The minimum atomic E-state index is -3.79. The molecule has 0 bridgehead atoms. The molecule has 1 unspecified atom stereocenters. The first-order chi connectivity index (χ1) is 12.4. The quantitative estimate of drug-likeness (QED) is 0.619. The van der Waals surface area contributed by atoms with Gasteiger partial charge in [0.05, 0.1) is 9.82 Å². The molecule has 8 heteroatoms. The van der Waals surface area contributed by atoms with Crippen LogP contribution in [-0.2, 0) is 16.6 Å². The van der Waals surface area contributed by atoms with E-state index in [-0.39, 0.29) is 16.6 Å². The summed E-state index contributed by atoms with van der Waals surface area (Å²) < 4.78 is 27.9. The van der Waals surface area contributed by atoms with Gasteiger partial charge in [-0.05, 0) is 31.0 Å². The van der Waals surface area contributed by atoms with Crippen LogP contribution < -0.4 is 4.72 Å². The SMILES string of the molecule is O=[N+]([O-])c1cccc(S(=O)(=O)NC2CCCN(Cc3ccccc3)C2)c1. The van der Waals surface area contributed by atoms with E-state index in [0.717, 1.165) is 32.0 Å². The van der Waals surface area contributed by atoms with E-state index in [0.29, 0.717) is 6.54 Å². The highest BCUT2D eigenvalue weighted by Crippen LogP contribution is 2.20. The number of nitrogens with zero attached hydrogens (tertiary/aromatic N) is 2. The number of rotatable bonds is 6. The Morgan fingerprint density at radius 2 is 1.92 bits per heavy atom. The topological polar surface area (TPSA) is 92.5 Å². The smallest absolute Gasteiger partial charge is 0.270 e. The van der Waals surface area contributed by atoms with Gasteiger partial charge in [0, 0.05) is 31.3 Å². The normalized spacial score (nSPS) is 18.5. The first-order valence-electron chi connectivity index (χ1n) is 8.47. The lowest BCUT2D eigenvalue weighted by atomic mass is 10.1. The summed E-state index contributed by atoms with van der Waals surface area (Å²) in [6.45, 7) is 2.31. The number of likely N-dealkylation sites (tertiary alicyclic amines) is 1. The highest BCUT2D eigenvalue weighted by atomic mass is 32.2. The molecule has 3 rings (SSSR count). The molecule has 0 aliphatic carbocycles. The Bertz CT molecular complexity index is 871. The summed E-state index contributed by atoms with van der Waals surface area (Å²) in [7, 11) is -3.79. The molecule has 0 aromatic heterocycles. The summed E-state index contributed by atoms with van der Waals surface area (Å²) in [5, 5.41) is 10.9. The van der Waals surface area contributed by atoms with Gasteiger partial charge in [0.2, 0.25) is 10.0 Å². The van der Waals surface area contributed by atoms with Crippen LogP contribution in [0.2, 0.25) is 0 Å². The maximum absolute atomic E-state index is 12.6. The van der Waals surface area contributed by atoms with E-state index in [1.807, 2.05) is 18.2 Å². The third-order valence-corrected chi connectivity index (χ3v) is 5.93. The van der Waals surface area contributed by atoms with E-state index in [1.54, 1.807) is 0 Å². The van der Waals surface area contributed by atoms with Crippen LogP contribution in [0.3, 0.4) is 0 Å². The molecule has 1 aliphatic heterocycles. The fraction of sp³-hybridized carbons (Fsp3) is 0.333. The fourth-order valence-electron chi connectivity index (χ4n) is 3.19. The largest absolute Gasteiger partial charge is 0.298 e. The number of non-ortho nitro benzene ring substituents is 1. The molecule has 1 atom stereocenters. The highest BCUT2D eigenvalue weighted by molar-refractivity contribution is 7.89. The van der Waals surface area contributed by atoms with Crippen LogP contribution in [0.4, 0.5) is 5.69 Å². The zero-order valence-electron chi connectivity index (χ0n) is 14.2. The third-order valence-electron chi connectivity index (χ3n) is 4.42. The lowest BCUT2D eigenvalue weighted by Crippen LogP contribution is -2.47. The van der Waals surface area contributed by atoms with Crippen LogP contribution in [0.15, 0.2) is 59.5 Å². The molecule has 0 amide bonds. The first-order valence-corrected chi connectivity index (χ1v) is 9.95. The van der Waals surface area contributed by atoms with Crippen molar-refractivity contribution in [1.82, 2.24) is 9.62 Å². The van der Waals surface area contributed by atoms with E-state index in [1.165, 1.54) is 23.8 Å². The number of nitro benzene ring substituents is 1. The fourth-order valence-corrected chi connectivity index (χ4v) is 4.49. The third kappa shape index (κ3) is 4.66. The molecule has 2 aromatic rings. The summed E-state index contributed by atoms with van der Waals surface area (Å²) >= 11 is 0. The van der Waals surface area contributed by atoms with Crippen molar-refractivity contribution >= 4 is 15.7 Å². The monoisotopic (exact) mass is 375 g/mol. The van der Waals surface area contributed by atoms with Crippen molar-refractivity contribution in [3.05, 3.63) is 70.3 Å². The van der Waals surface area contributed by atoms with Gasteiger partial charge in [-0.3, -0.25) is 15.0 Å². The van der Waals surface area contributed by atoms with Crippen LogP contribution in [-0.4, -0.2) is 37.4 Å². The lowest BCUT2D eigenvalue weighted by molar-refractivity contribution is -0.385. The van der Waals surface area contributed by atoms with Crippen LogP contribution in [0.25, 0.3) is 0 Å². The number of nitro groups is 1. The minimum Gasteiger partial charge on any atom is -0.298 e. The number of hydrogen-bond donors (Lipinski definition) is 1. The summed E-state index contributed by atoms with van der Waals surface area (Å²) in [5.74, 6) is 0. The molecule has 1 aliphatic rings. The summed E-state index contributed by atoms with van der Waals surface area (Å²) in [6.07, 6.45) is 1.65. The molecule has 0 radical (unpaired) electrons. The number of sulfonamides is 1. The van der Waals surface area contributed by atoms with Crippen LogP contribution in [0.5, 0.6) is 0 Å². The number of nitrogens with one attached hydrogen (secondary N) is 1. The Morgan fingerprint density at radius 3 is 2.65 bits per heavy atom. The van der Waals surface area contributed by atoms with Crippen molar-refractivity contribution in [2.24, 2.45) is 0 Å². The van der Waals surface area contributed by atoms with E-state index in [4.69, 9.17) is 0 Å². The molecular weight excluding hydrogens is 354 g/mol. The van der Waals surface area contributed by atoms with Gasteiger partial charge in [0.1, 0.15) is 0 Å². The number of benzene rings is 2. The van der Waals surface area contributed by atoms with Gasteiger partial charge in [0.25, 0.3) is 5.69 Å². The van der Waals surface area contributed by atoms with Crippen LogP contribution >= 0.6 is 0 Å². The molecular formula is C18H21N3O4S. The Morgan fingerprint density at radius 1 is 1.15 bits per heavy atom. The van der Waals surface area contributed by atoms with Crippen LogP contribution in [0, 0.1) is 10.1 Å². The van der Waals surface area contributed by atoms with Gasteiger partial charge in [0.15, 0.2) is 0 Å². The Hall–Kier alpha value is -2.29. The van der Waals surface area contributed by atoms with E-state index < -0.39 is 14.9 Å². The predicted molar refractivity (Wildman–Crippen MR) is 98.2 cm³/mol. The van der Waals surface area contributed by atoms with Crippen molar-refractivity contribution in [3.8, 4) is 0 Å². The second-order valence-electron chi connectivity index (χ2n) is 6.44. The van der Waals surface area contributed by atoms with Crippen molar-refractivity contribution < 1.29 is 13.3 Å². The molecule has 0 saturated carbocycles. The summed E-state index contributed by atoms with van der Waals surface area (Å²) in [6, 6.07) is 15.0. The molecule has 7 nitrogen and oxygen atoms in total. The predicted octanol–water partition coefficient (Wildman–Crippen LogP) is 2.54. The van der Waals surface area contributed by atoms with Crippen LogP contribution in [0.1, 0.15) is 18.4 Å². The van der Waals surface area contributed by atoms with Gasteiger partial charge in [-0.25, -0.2) is 13.1 Å². The van der Waals surface area contributed by atoms with Crippen molar-refractivity contribution in [3.63, 3.8) is 0 Å². The highest BCUT2D eigenvalue weighted by Gasteiger charge is 2.26. The zero-order chi connectivity index (χ0) is 18.6. The van der Waals surface area contributed by atoms with E-state index in [2.05, 4.69) is 21.8 Å².